The second kappa shape index (κ2) is 10.8. The summed E-state index contributed by atoms with van der Waals surface area (Å²) in [6.45, 7) is -1.02. The zero-order valence-corrected chi connectivity index (χ0v) is 19.7. The van der Waals surface area contributed by atoms with Gasteiger partial charge in [0.05, 0.1) is 31.5 Å². The number of fused-ring (bicyclic) bond motifs is 1. The highest BCUT2D eigenvalue weighted by Crippen LogP contribution is 2.47. The number of ether oxygens (including phenoxy) is 5. The molecule has 202 valence electrons. The molecule has 6 N–H and O–H groups in total. The Hall–Kier alpha value is -3.04. The lowest BCUT2D eigenvalue weighted by molar-refractivity contribution is -0.343. The Morgan fingerprint density at radius 3 is 2.41 bits per heavy atom. The third kappa shape index (κ3) is 5.07. The van der Waals surface area contributed by atoms with Crippen molar-refractivity contribution < 1.29 is 63.9 Å². The van der Waals surface area contributed by atoms with Crippen LogP contribution in [0.4, 0.5) is 0 Å². The zero-order chi connectivity index (χ0) is 26.9. The van der Waals surface area contributed by atoms with Gasteiger partial charge in [0.2, 0.25) is 6.29 Å². The van der Waals surface area contributed by atoms with Crippen LogP contribution in [0.15, 0.2) is 47.7 Å². The van der Waals surface area contributed by atoms with Crippen LogP contribution in [0.25, 0.3) is 0 Å². The molecule has 1 aliphatic carbocycles. The molecular formula is C24H28O13. The number of aliphatic hydroxyl groups excluding tert-OH is 4. The molecule has 8 atom stereocenters. The lowest BCUT2D eigenvalue weighted by Crippen LogP contribution is -2.61. The summed E-state index contributed by atoms with van der Waals surface area (Å²) < 4.78 is 26.8. The third-order valence-corrected chi connectivity index (χ3v) is 6.64. The van der Waals surface area contributed by atoms with Gasteiger partial charge in [-0.1, -0.05) is 6.08 Å². The Kier molecular flexibility index (Phi) is 7.85. The minimum absolute atomic E-state index is 0.0326. The number of phenolic OH excluding ortho intramolecular Hbond substituents is 1. The van der Waals surface area contributed by atoms with E-state index in [0.717, 1.165) is 13.4 Å². The standard InChI is InChI=1S/C24H28O13/c1-33-21(31)14-10-35-22(37-23-19(29)18(28)17(27)15(8-25)36-23)16-12(6-7-24(14,16)32)9-34-20(30)11-2-4-13(26)5-3-11/h2-6,10,15-19,22-23,25-29,32H,7-9H2,1H3/t15-,16+,17-,18+,19-,22+,23+,24+/m1/s1. The molecule has 37 heavy (non-hydrogen) atoms. The van der Waals surface area contributed by atoms with Crippen molar-refractivity contribution in [1.82, 2.24) is 0 Å². The van der Waals surface area contributed by atoms with Crippen LogP contribution < -0.4 is 0 Å². The van der Waals surface area contributed by atoms with Crippen molar-refractivity contribution in [1.29, 1.82) is 0 Å². The van der Waals surface area contributed by atoms with Gasteiger partial charge < -0.3 is 54.3 Å². The highest BCUT2D eigenvalue weighted by Gasteiger charge is 2.57. The van der Waals surface area contributed by atoms with Crippen LogP contribution in [0.1, 0.15) is 16.8 Å². The Bertz CT molecular complexity index is 1060. The van der Waals surface area contributed by atoms with Gasteiger partial charge in [0, 0.05) is 0 Å². The van der Waals surface area contributed by atoms with E-state index in [9.17, 15) is 40.2 Å². The molecule has 1 aromatic carbocycles. The molecule has 13 heteroatoms. The molecular weight excluding hydrogens is 496 g/mol. The first-order chi connectivity index (χ1) is 17.6. The number of hydrogen-bond acceptors (Lipinski definition) is 13. The second-order valence-electron chi connectivity index (χ2n) is 8.87. The number of benzene rings is 1. The van der Waals surface area contributed by atoms with Crippen molar-refractivity contribution in [2.24, 2.45) is 5.92 Å². The van der Waals surface area contributed by atoms with E-state index in [-0.39, 0.29) is 29.9 Å². The quantitative estimate of drug-likeness (QED) is 0.177. The minimum atomic E-state index is -1.90. The summed E-state index contributed by atoms with van der Waals surface area (Å²) in [7, 11) is 1.13. The Balaban J connectivity index is 1.56. The molecule has 0 aromatic heterocycles. The first kappa shape index (κ1) is 27.0. The van der Waals surface area contributed by atoms with E-state index in [1.165, 1.54) is 24.3 Å². The van der Waals surface area contributed by atoms with Gasteiger partial charge in [-0.25, -0.2) is 9.59 Å². The van der Waals surface area contributed by atoms with E-state index < -0.39 is 67.1 Å². The van der Waals surface area contributed by atoms with Crippen molar-refractivity contribution in [3.05, 3.63) is 53.3 Å². The maximum atomic E-state index is 12.5. The molecule has 13 nitrogen and oxygen atoms in total. The van der Waals surface area contributed by atoms with Crippen molar-refractivity contribution in [2.75, 3.05) is 20.3 Å². The summed E-state index contributed by atoms with van der Waals surface area (Å²) in [5, 5.41) is 60.8. The fourth-order valence-corrected chi connectivity index (χ4v) is 4.58. The van der Waals surface area contributed by atoms with Crippen molar-refractivity contribution in [3.63, 3.8) is 0 Å². The molecule has 2 heterocycles. The monoisotopic (exact) mass is 524 g/mol. The highest BCUT2D eigenvalue weighted by atomic mass is 16.8. The van der Waals surface area contributed by atoms with Crippen LogP contribution in [0.3, 0.4) is 0 Å². The van der Waals surface area contributed by atoms with Gasteiger partial charge >= 0.3 is 11.9 Å². The average molecular weight is 524 g/mol. The molecule has 4 rings (SSSR count). The van der Waals surface area contributed by atoms with Gasteiger partial charge in [-0.15, -0.1) is 0 Å². The number of methoxy groups -OCH3 is 1. The molecule has 1 fully saturated rings. The van der Waals surface area contributed by atoms with E-state index in [1.807, 2.05) is 0 Å². The van der Waals surface area contributed by atoms with Crippen molar-refractivity contribution in [2.45, 2.75) is 49.0 Å². The van der Waals surface area contributed by atoms with Crippen LogP contribution in [0, 0.1) is 5.92 Å². The second-order valence-corrected chi connectivity index (χ2v) is 8.87. The fourth-order valence-electron chi connectivity index (χ4n) is 4.58. The minimum Gasteiger partial charge on any atom is -0.508 e. The van der Waals surface area contributed by atoms with E-state index in [2.05, 4.69) is 0 Å². The van der Waals surface area contributed by atoms with Crippen molar-refractivity contribution >= 4 is 11.9 Å². The lowest BCUT2D eigenvalue weighted by atomic mass is 9.79. The number of carbonyl (C=O) groups is 2. The maximum Gasteiger partial charge on any atom is 0.339 e. The zero-order valence-electron chi connectivity index (χ0n) is 19.7. The smallest absolute Gasteiger partial charge is 0.339 e. The van der Waals surface area contributed by atoms with E-state index in [1.54, 1.807) is 6.08 Å². The largest absolute Gasteiger partial charge is 0.508 e. The maximum absolute atomic E-state index is 12.5. The van der Waals surface area contributed by atoms with Gasteiger partial charge in [0.1, 0.15) is 47.9 Å². The number of esters is 2. The number of aromatic hydroxyl groups is 1. The first-order valence-corrected chi connectivity index (χ1v) is 11.4. The van der Waals surface area contributed by atoms with Crippen LogP contribution >= 0.6 is 0 Å². The Morgan fingerprint density at radius 2 is 1.76 bits per heavy atom. The predicted molar refractivity (Wildman–Crippen MR) is 119 cm³/mol. The predicted octanol–water partition coefficient (Wildman–Crippen LogP) is -1.54. The highest BCUT2D eigenvalue weighted by molar-refractivity contribution is 5.91. The summed E-state index contributed by atoms with van der Waals surface area (Å²) >= 11 is 0. The number of hydrogen-bond donors (Lipinski definition) is 6. The van der Waals surface area contributed by atoms with Gasteiger partial charge in [0.25, 0.3) is 0 Å². The van der Waals surface area contributed by atoms with Crippen LogP contribution in [-0.2, 0) is 28.5 Å². The SMILES string of the molecule is COC(=O)C1=CO[C@@H](O[C@@H]2O[C@H](CO)[C@@H](O)[C@H](O)[C@H]2O)[C@@H]2C(COC(=O)c3ccc(O)cc3)=CC[C@]12O. The molecule has 0 saturated carbocycles. The third-order valence-electron chi connectivity index (χ3n) is 6.64. The summed E-state index contributed by atoms with van der Waals surface area (Å²) in [5.74, 6) is -2.76. The number of rotatable bonds is 7. The van der Waals surface area contributed by atoms with Crippen LogP contribution in [0.5, 0.6) is 5.75 Å². The molecule has 3 aliphatic rings. The summed E-state index contributed by atoms with van der Waals surface area (Å²) in [6.07, 6.45) is -6.94. The summed E-state index contributed by atoms with van der Waals surface area (Å²) in [5.41, 5.74) is -1.64. The van der Waals surface area contributed by atoms with E-state index in [4.69, 9.17) is 23.7 Å². The van der Waals surface area contributed by atoms with E-state index in [0.29, 0.717) is 5.57 Å². The van der Waals surface area contributed by atoms with Gasteiger partial charge in [-0.2, -0.15) is 0 Å². The first-order valence-electron chi connectivity index (χ1n) is 11.4. The molecule has 2 aliphatic heterocycles. The summed E-state index contributed by atoms with van der Waals surface area (Å²) in [6, 6.07) is 5.36. The fraction of sp³-hybridized carbons (Fsp3) is 0.500. The molecule has 0 spiro atoms. The molecule has 0 unspecified atom stereocenters. The van der Waals surface area contributed by atoms with Gasteiger partial charge in [0.15, 0.2) is 6.29 Å². The molecule has 0 amide bonds. The van der Waals surface area contributed by atoms with Crippen LogP contribution in [0.2, 0.25) is 0 Å². The van der Waals surface area contributed by atoms with Gasteiger partial charge in [-0.3, -0.25) is 0 Å². The summed E-state index contributed by atoms with van der Waals surface area (Å²) in [4.78, 5) is 24.8. The van der Waals surface area contributed by atoms with Crippen molar-refractivity contribution in [3.8, 4) is 5.75 Å². The molecule has 0 radical (unpaired) electrons. The topological polar surface area (TPSA) is 202 Å². The average Bonchev–Trinajstić information content (AvgIpc) is 3.24. The van der Waals surface area contributed by atoms with E-state index >= 15 is 0 Å². The molecule has 1 aromatic rings. The number of aliphatic hydroxyl groups is 5. The molecule has 0 bridgehead atoms. The Labute approximate surface area is 210 Å². The normalized spacial score (nSPS) is 35.0. The number of carbonyl (C=O) groups excluding carboxylic acids is 2. The number of phenols is 1. The van der Waals surface area contributed by atoms with Crippen LogP contribution in [-0.4, -0.2) is 105 Å². The van der Waals surface area contributed by atoms with Gasteiger partial charge in [-0.05, 0) is 36.3 Å². The Morgan fingerprint density at radius 1 is 1.05 bits per heavy atom. The molecule has 1 saturated heterocycles. The lowest BCUT2D eigenvalue weighted by Gasteiger charge is -2.44.